The maximum atomic E-state index is 12.1. The molecule has 0 aliphatic carbocycles. The van der Waals surface area contributed by atoms with Gasteiger partial charge in [-0.25, -0.2) is 9.78 Å². The van der Waals surface area contributed by atoms with Crippen LogP contribution in [0.2, 0.25) is 0 Å². The number of fused-ring (bicyclic) bond motifs is 1. The molecule has 0 N–H and O–H groups in total. The maximum absolute atomic E-state index is 12.1. The second-order valence-corrected chi connectivity index (χ2v) is 5.93. The smallest absolute Gasteiger partial charge is 0.410 e. The van der Waals surface area contributed by atoms with Crippen LogP contribution in [0.1, 0.15) is 42.5 Å². The van der Waals surface area contributed by atoms with Gasteiger partial charge in [0, 0.05) is 25.2 Å². The Kier molecular flexibility index (Phi) is 4.06. The Labute approximate surface area is 118 Å². The Balaban J connectivity index is 2.08. The van der Waals surface area contributed by atoms with Crippen LogP contribution in [0.25, 0.3) is 0 Å². The van der Waals surface area contributed by atoms with E-state index in [1.165, 1.54) is 0 Å². The molecule has 0 fully saturated rings. The number of hydrogen-bond acceptors (Lipinski definition) is 4. The number of pyridine rings is 1. The van der Waals surface area contributed by atoms with E-state index in [0.29, 0.717) is 25.2 Å². The lowest BCUT2D eigenvalue weighted by Gasteiger charge is -2.26. The summed E-state index contributed by atoms with van der Waals surface area (Å²) >= 11 is 0. The summed E-state index contributed by atoms with van der Waals surface area (Å²) in [6, 6.07) is 3.64. The molecular formula is C15H20N2O3. The molecule has 0 radical (unpaired) electrons. The monoisotopic (exact) mass is 276 g/mol. The zero-order valence-corrected chi connectivity index (χ0v) is 12.2. The fourth-order valence-electron chi connectivity index (χ4n) is 2.17. The highest BCUT2D eigenvalue weighted by atomic mass is 16.6. The molecule has 2 rings (SSSR count). The van der Waals surface area contributed by atoms with E-state index in [9.17, 15) is 9.59 Å². The third-order valence-electron chi connectivity index (χ3n) is 3.13. The Morgan fingerprint density at radius 1 is 1.30 bits per heavy atom. The van der Waals surface area contributed by atoms with Gasteiger partial charge in [0.1, 0.15) is 11.3 Å². The van der Waals surface area contributed by atoms with Crippen molar-refractivity contribution in [2.45, 2.75) is 39.2 Å². The molecule has 1 aliphatic heterocycles. The van der Waals surface area contributed by atoms with E-state index >= 15 is 0 Å². The van der Waals surface area contributed by atoms with E-state index in [2.05, 4.69) is 4.98 Å². The summed E-state index contributed by atoms with van der Waals surface area (Å²) in [4.78, 5) is 28.8. The first-order valence-electron chi connectivity index (χ1n) is 6.81. The van der Waals surface area contributed by atoms with Crippen LogP contribution in [0, 0.1) is 0 Å². The molecule has 0 atom stereocenters. The number of aldehydes is 1. The Hall–Kier alpha value is -1.91. The second kappa shape index (κ2) is 5.61. The van der Waals surface area contributed by atoms with E-state index in [4.69, 9.17) is 4.74 Å². The molecular weight excluding hydrogens is 256 g/mol. The summed E-state index contributed by atoms with van der Waals surface area (Å²) in [6.45, 7) is 6.75. The van der Waals surface area contributed by atoms with Crippen molar-refractivity contribution in [1.29, 1.82) is 0 Å². The summed E-state index contributed by atoms with van der Waals surface area (Å²) in [5, 5.41) is 0. The van der Waals surface area contributed by atoms with E-state index in [1.807, 2.05) is 26.8 Å². The highest BCUT2D eigenvalue weighted by Gasteiger charge is 2.24. The zero-order valence-electron chi connectivity index (χ0n) is 12.2. The van der Waals surface area contributed by atoms with Gasteiger partial charge < -0.3 is 9.64 Å². The third-order valence-corrected chi connectivity index (χ3v) is 3.13. The minimum Gasteiger partial charge on any atom is -0.444 e. The van der Waals surface area contributed by atoms with Crippen molar-refractivity contribution >= 4 is 12.4 Å². The maximum Gasteiger partial charge on any atom is 0.410 e. The molecule has 0 saturated carbocycles. The lowest BCUT2D eigenvalue weighted by molar-refractivity contribution is 0.0258. The molecule has 1 aliphatic rings. The number of ether oxygens (including phenoxy) is 1. The quantitative estimate of drug-likeness (QED) is 0.738. The number of amides is 1. The normalized spacial score (nSPS) is 15.2. The molecule has 2 heterocycles. The molecule has 5 heteroatoms. The number of aromatic nitrogens is 1. The molecule has 0 spiro atoms. The van der Waals surface area contributed by atoms with Gasteiger partial charge in [-0.05, 0) is 38.8 Å². The number of hydrogen-bond donors (Lipinski definition) is 0. The van der Waals surface area contributed by atoms with Crippen molar-refractivity contribution in [3.8, 4) is 0 Å². The van der Waals surface area contributed by atoms with Crippen molar-refractivity contribution in [2.75, 3.05) is 13.1 Å². The first kappa shape index (κ1) is 14.5. The van der Waals surface area contributed by atoms with Gasteiger partial charge in [0.15, 0.2) is 6.29 Å². The van der Waals surface area contributed by atoms with E-state index < -0.39 is 5.60 Å². The van der Waals surface area contributed by atoms with Gasteiger partial charge in [-0.3, -0.25) is 4.79 Å². The minimum absolute atomic E-state index is 0.291. The summed E-state index contributed by atoms with van der Waals surface area (Å²) in [6.07, 6.45) is 1.84. The molecule has 20 heavy (non-hydrogen) atoms. The van der Waals surface area contributed by atoms with E-state index in [0.717, 1.165) is 24.0 Å². The van der Waals surface area contributed by atoms with Crippen LogP contribution in [0.4, 0.5) is 4.79 Å². The topological polar surface area (TPSA) is 59.5 Å². The predicted molar refractivity (Wildman–Crippen MR) is 74.8 cm³/mol. The van der Waals surface area contributed by atoms with Crippen LogP contribution in [-0.4, -0.2) is 41.0 Å². The van der Waals surface area contributed by atoms with E-state index in [-0.39, 0.29) is 6.09 Å². The van der Waals surface area contributed by atoms with Crippen LogP contribution in [0.15, 0.2) is 12.1 Å². The summed E-state index contributed by atoms with van der Waals surface area (Å²) in [5.74, 6) is 0. The van der Waals surface area contributed by atoms with Crippen LogP contribution in [0.3, 0.4) is 0 Å². The fourth-order valence-corrected chi connectivity index (χ4v) is 2.17. The van der Waals surface area contributed by atoms with Gasteiger partial charge in [0.05, 0.1) is 0 Å². The average Bonchev–Trinajstić information content (AvgIpc) is 2.58. The van der Waals surface area contributed by atoms with Crippen molar-refractivity contribution in [2.24, 2.45) is 0 Å². The van der Waals surface area contributed by atoms with Gasteiger partial charge >= 0.3 is 6.09 Å². The SMILES string of the molecule is CC(C)(C)OC(=O)N1CCc2ccc(C=O)nc2CC1. The molecule has 1 aromatic heterocycles. The largest absolute Gasteiger partial charge is 0.444 e. The first-order valence-corrected chi connectivity index (χ1v) is 6.81. The molecule has 0 aromatic carbocycles. The molecule has 0 unspecified atom stereocenters. The molecule has 1 amide bonds. The summed E-state index contributed by atoms with van der Waals surface area (Å²) in [5.41, 5.74) is 1.95. The van der Waals surface area contributed by atoms with Gasteiger partial charge in [-0.15, -0.1) is 0 Å². The molecule has 108 valence electrons. The van der Waals surface area contributed by atoms with Gasteiger partial charge in [-0.2, -0.15) is 0 Å². The minimum atomic E-state index is -0.487. The first-order chi connectivity index (χ1) is 9.39. The lowest BCUT2D eigenvalue weighted by Crippen LogP contribution is -2.38. The number of nitrogens with zero attached hydrogens (tertiary/aromatic N) is 2. The Bertz CT molecular complexity index is 520. The molecule has 5 nitrogen and oxygen atoms in total. The standard InChI is InChI=1S/C15H20N2O3/c1-15(2,3)20-14(19)17-8-6-11-4-5-12(10-18)16-13(11)7-9-17/h4-5,10H,6-9H2,1-3H3. The summed E-state index contributed by atoms with van der Waals surface area (Å²) in [7, 11) is 0. The Morgan fingerprint density at radius 2 is 2.00 bits per heavy atom. The number of rotatable bonds is 1. The van der Waals surface area contributed by atoms with Crippen molar-refractivity contribution in [1.82, 2.24) is 9.88 Å². The molecule has 0 bridgehead atoms. The molecule has 1 aromatic rings. The fraction of sp³-hybridized carbons (Fsp3) is 0.533. The third kappa shape index (κ3) is 3.56. The highest BCUT2D eigenvalue weighted by molar-refractivity contribution is 5.72. The second-order valence-electron chi connectivity index (χ2n) is 5.93. The van der Waals surface area contributed by atoms with Gasteiger partial charge in [0.2, 0.25) is 0 Å². The Morgan fingerprint density at radius 3 is 2.65 bits per heavy atom. The van der Waals surface area contributed by atoms with Crippen LogP contribution >= 0.6 is 0 Å². The zero-order chi connectivity index (χ0) is 14.8. The number of carbonyl (C=O) groups excluding carboxylic acids is 2. The highest BCUT2D eigenvalue weighted by Crippen LogP contribution is 2.17. The summed E-state index contributed by atoms with van der Waals surface area (Å²) < 4.78 is 5.39. The predicted octanol–water partition coefficient (Wildman–Crippen LogP) is 2.23. The van der Waals surface area contributed by atoms with E-state index in [1.54, 1.807) is 11.0 Å². The van der Waals surface area contributed by atoms with Crippen molar-refractivity contribution in [3.63, 3.8) is 0 Å². The number of carbonyl (C=O) groups is 2. The molecule has 0 saturated heterocycles. The van der Waals surface area contributed by atoms with Crippen molar-refractivity contribution < 1.29 is 14.3 Å². The average molecular weight is 276 g/mol. The van der Waals surface area contributed by atoms with Gasteiger partial charge in [-0.1, -0.05) is 6.07 Å². The van der Waals surface area contributed by atoms with Crippen LogP contribution in [0.5, 0.6) is 0 Å². The van der Waals surface area contributed by atoms with Crippen molar-refractivity contribution in [3.05, 3.63) is 29.1 Å². The van der Waals surface area contributed by atoms with Crippen LogP contribution in [-0.2, 0) is 17.6 Å². The van der Waals surface area contributed by atoms with Crippen LogP contribution < -0.4 is 0 Å². The van der Waals surface area contributed by atoms with Gasteiger partial charge in [0.25, 0.3) is 0 Å². The lowest BCUT2D eigenvalue weighted by atomic mass is 10.1.